The number of thioether (sulfide) groups is 1. The number of halogens is 1. The molecule has 1 heterocycles. The van der Waals surface area contributed by atoms with Crippen molar-refractivity contribution < 1.29 is 14.3 Å². The molecule has 8 heteroatoms. The number of nitrogens with one attached hydrogen (secondary N) is 1. The Labute approximate surface area is 181 Å². The number of amides is 2. The van der Waals surface area contributed by atoms with Crippen LogP contribution < -0.4 is 15.8 Å². The van der Waals surface area contributed by atoms with Crippen LogP contribution in [0.1, 0.15) is 16.8 Å². The summed E-state index contributed by atoms with van der Waals surface area (Å²) in [6.45, 7) is 2.03. The van der Waals surface area contributed by atoms with Crippen LogP contribution in [0, 0.1) is 5.92 Å². The molecule has 2 aromatic carbocycles. The van der Waals surface area contributed by atoms with Gasteiger partial charge in [0.1, 0.15) is 5.75 Å². The standard InChI is InChI=1S/C21H25N3O3S.ClH/c1-27-17-6-4-5-16(11-17)23-20(25)14-28-19-8-3-2-7-18(19)21(26)24-10-9-15(12-22)13-24;/h2-8,11,15H,9-10,12-14,22H2,1H3,(H,23,25);1H. The van der Waals surface area contributed by atoms with Crippen molar-refractivity contribution in [1.82, 2.24) is 4.90 Å². The molecule has 6 nitrogen and oxygen atoms in total. The van der Waals surface area contributed by atoms with Gasteiger partial charge in [0.15, 0.2) is 0 Å². The number of hydrogen-bond acceptors (Lipinski definition) is 5. The third-order valence-corrected chi connectivity index (χ3v) is 5.81. The van der Waals surface area contributed by atoms with E-state index in [1.54, 1.807) is 13.2 Å². The third-order valence-electron chi connectivity index (χ3n) is 4.74. The summed E-state index contributed by atoms with van der Waals surface area (Å²) in [4.78, 5) is 27.9. The minimum atomic E-state index is -0.134. The molecule has 1 fully saturated rings. The molecule has 0 aromatic heterocycles. The average Bonchev–Trinajstić information content (AvgIpc) is 3.21. The lowest BCUT2D eigenvalue weighted by Crippen LogP contribution is -2.30. The van der Waals surface area contributed by atoms with Crippen molar-refractivity contribution in [2.24, 2.45) is 11.7 Å². The van der Waals surface area contributed by atoms with Crippen LogP contribution in [0.2, 0.25) is 0 Å². The van der Waals surface area contributed by atoms with E-state index in [0.29, 0.717) is 36.0 Å². The smallest absolute Gasteiger partial charge is 0.254 e. The van der Waals surface area contributed by atoms with Gasteiger partial charge >= 0.3 is 0 Å². The number of hydrogen-bond donors (Lipinski definition) is 2. The van der Waals surface area contributed by atoms with E-state index in [1.165, 1.54) is 11.8 Å². The Morgan fingerprint density at radius 2 is 2.03 bits per heavy atom. The van der Waals surface area contributed by atoms with Crippen LogP contribution in [0.15, 0.2) is 53.4 Å². The summed E-state index contributed by atoms with van der Waals surface area (Å²) < 4.78 is 5.17. The van der Waals surface area contributed by atoms with E-state index in [0.717, 1.165) is 17.9 Å². The van der Waals surface area contributed by atoms with Crippen molar-refractivity contribution in [3.8, 4) is 5.75 Å². The lowest BCUT2D eigenvalue weighted by molar-refractivity contribution is -0.113. The maximum Gasteiger partial charge on any atom is 0.254 e. The van der Waals surface area contributed by atoms with Crippen LogP contribution in [-0.2, 0) is 4.79 Å². The molecule has 1 atom stereocenters. The Morgan fingerprint density at radius 1 is 1.24 bits per heavy atom. The lowest BCUT2D eigenvalue weighted by atomic mass is 10.1. The summed E-state index contributed by atoms with van der Waals surface area (Å²) >= 11 is 1.36. The van der Waals surface area contributed by atoms with Gasteiger partial charge in [0, 0.05) is 29.7 Å². The molecular weight excluding hydrogens is 410 g/mol. The van der Waals surface area contributed by atoms with Crippen LogP contribution in [0.25, 0.3) is 0 Å². The van der Waals surface area contributed by atoms with E-state index in [9.17, 15) is 9.59 Å². The number of nitrogens with two attached hydrogens (primary N) is 1. The summed E-state index contributed by atoms with van der Waals surface area (Å²) in [5.41, 5.74) is 7.05. The zero-order valence-corrected chi connectivity index (χ0v) is 17.9. The quantitative estimate of drug-likeness (QED) is 0.652. The molecule has 1 aliphatic heterocycles. The maximum absolute atomic E-state index is 12.9. The number of carbonyl (C=O) groups excluding carboxylic acids is 2. The van der Waals surface area contributed by atoms with Crippen LogP contribution >= 0.6 is 24.2 Å². The van der Waals surface area contributed by atoms with E-state index in [2.05, 4.69) is 5.32 Å². The monoisotopic (exact) mass is 435 g/mol. The lowest BCUT2D eigenvalue weighted by Gasteiger charge is -2.18. The van der Waals surface area contributed by atoms with Crippen LogP contribution in [0.5, 0.6) is 5.75 Å². The number of anilines is 1. The minimum Gasteiger partial charge on any atom is -0.497 e. The topological polar surface area (TPSA) is 84.7 Å². The summed E-state index contributed by atoms with van der Waals surface area (Å²) in [6.07, 6.45) is 0.945. The normalized spacial score (nSPS) is 15.5. The van der Waals surface area contributed by atoms with Crippen molar-refractivity contribution >= 4 is 41.7 Å². The van der Waals surface area contributed by atoms with E-state index in [1.807, 2.05) is 47.4 Å². The SMILES string of the molecule is COc1cccc(NC(=O)CSc2ccccc2C(=O)N2CCC(CN)C2)c1.Cl. The summed E-state index contributed by atoms with van der Waals surface area (Å²) in [5.74, 6) is 1.14. The zero-order chi connectivity index (χ0) is 19.9. The van der Waals surface area contributed by atoms with Gasteiger partial charge in [0.25, 0.3) is 5.91 Å². The fourth-order valence-electron chi connectivity index (χ4n) is 3.19. The van der Waals surface area contributed by atoms with Crippen molar-refractivity contribution in [3.63, 3.8) is 0 Å². The predicted molar refractivity (Wildman–Crippen MR) is 119 cm³/mol. The zero-order valence-electron chi connectivity index (χ0n) is 16.3. The van der Waals surface area contributed by atoms with Crippen LogP contribution in [-0.4, -0.2) is 49.2 Å². The molecule has 2 aromatic rings. The molecule has 0 radical (unpaired) electrons. The van der Waals surface area contributed by atoms with E-state index >= 15 is 0 Å². The van der Waals surface area contributed by atoms with Crippen LogP contribution in [0.4, 0.5) is 5.69 Å². The minimum absolute atomic E-state index is 0. The van der Waals surface area contributed by atoms with Gasteiger partial charge in [-0.25, -0.2) is 0 Å². The highest BCUT2D eigenvalue weighted by molar-refractivity contribution is 8.00. The maximum atomic E-state index is 12.9. The molecule has 29 heavy (non-hydrogen) atoms. The first kappa shape index (κ1) is 23.1. The van der Waals surface area contributed by atoms with Gasteiger partial charge in [0.05, 0.1) is 18.4 Å². The van der Waals surface area contributed by atoms with Crippen molar-refractivity contribution in [3.05, 3.63) is 54.1 Å². The summed E-state index contributed by atoms with van der Waals surface area (Å²) in [5, 5.41) is 2.86. The van der Waals surface area contributed by atoms with E-state index in [-0.39, 0.29) is 30.0 Å². The molecule has 3 N–H and O–H groups in total. The third kappa shape index (κ3) is 6.13. The Morgan fingerprint density at radius 3 is 2.76 bits per heavy atom. The molecule has 3 rings (SSSR count). The van der Waals surface area contributed by atoms with Gasteiger partial charge in [-0.1, -0.05) is 18.2 Å². The van der Waals surface area contributed by atoms with Crippen molar-refractivity contribution in [2.75, 3.05) is 37.8 Å². The Hall–Kier alpha value is -2.22. The first-order valence-electron chi connectivity index (χ1n) is 9.25. The number of carbonyl (C=O) groups is 2. The van der Waals surface area contributed by atoms with Gasteiger partial charge in [-0.15, -0.1) is 24.2 Å². The molecule has 0 spiro atoms. The number of nitrogens with zero attached hydrogens (tertiary/aromatic N) is 1. The highest BCUT2D eigenvalue weighted by atomic mass is 35.5. The second-order valence-corrected chi connectivity index (χ2v) is 7.72. The first-order chi connectivity index (χ1) is 13.6. The van der Waals surface area contributed by atoms with E-state index in [4.69, 9.17) is 10.5 Å². The van der Waals surface area contributed by atoms with Gasteiger partial charge < -0.3 is 20.7 Å². The highest BCUT2D eigenvalue weighted by Gasteiger charge is 2.27. The largest absolute Gasteiger partial charge is 0.497 e. The molecule has 0 bridgehead atoms. The molecule has 0 saturated carbocycles. The molecule has 1 aliphatic rings. The van der Waals surface area contributed by atoms with Gasteiger partial charge in [-0.2, -0.15) is 0 Å². The number of rotatable bonds is 7. The fraction of sp³-hybridized carbons (Fsp3) is 0.333. The Bertz CT molecular complexity index is 849. The average molecular weight is 436 g/mol. The molecule has 2 amide bonds. The number of methoxy groups -OCH3 is 1. The highest BCUT2D eigenvalue weighted by Crippen LogP contribution is 2.26. The number of benzene rings is 2. The Balaban J connectivity index is 0.00000300. The van der Waals surface area contributed by atoms with Crippen LogP contribution in [0.3, 0.4) is 0 Å². The second kappa shape index (κ2) is 11.1. The van der Waals surface area contributed by atoms with Gasteiger partial charge in [-0.3, -0.25) is 9.59 Å². The molecule has 0 aliphatic carbocycles. The summed E-state index contributed by atoms with van der Waals surface area (Å²) in [7, 11) is 1.58. The first-order valence-corrected chi connectivity index (χ1v) is 10.2. The van der Waals surface area contributed by atoms with Gasteiger partial charge in [0.2, 0.25) is 5.91 Å². The van der Waals surface area contributed by atoms with E-state index < -0.39 is 0 Å². The van der Waals surface area contributed by atoms with Gasteiger partial charge in [-0.05, 0) is 43.1 Å². The number of likely N-dealkylation sites (tertiary alicyclic amines) is 1. The fourth-order valence-corrected chi connectivity index (χ4v) is 4.03. The molecule has 1 unspecified atom stereocenters. The van der Waals surface area contributed by atoms with Crippen molar-refractivity contribution in [1.29, 1.82) is 0 Å². The number of ether oxygens (including phenoxy) is 1. The molecule has 1 saturated heterocycles. The summed E-state index contributed by atoms with van der Waals surface area (Å²) in [6, 6.07) is 14.6. The molecular formula is C21H26ClN3O3S. The molecule has 156 valence electrons. The Kier molecular flexibility index (Phi) is 8.82. The predicted octanol–water partition coefficient (Wildman–Crippen LogP) is 3.27. The second-order valence-electron chi connectivity index (χ2n) is 6.71. The van der Waals surface area contributed by atoms with Crippen molar-refractivity contribution in [2.45, 2.75) is 11.3 Å².